The van der Waals surface area contributed by atoms with Crippen molar-refractivity contribution in [2.75, 3.05) is 0 Å². The highest BCUT2D eigenvalue weighted by molar-refractivity contribution is 9.10. The minimum absolute atomic E-state index is 0.0778. The van der Waals surface area contributed by atoms with Gasteiger partial charge in [0.1, 0.15) is 0 Å². The molecule has 0 aliphatic carbocycles. The van der Waals surface area contributed by atoms with Crippen LogP contribution in [0.3, 0.4) is 0 Å². The predicted octanol–water partition coefficient (Wildman–Crippen LogP) is 1.00. The first-order valence-corrected chi connectivity index (χ1v) is 5.63. The molecule has 0 unspecified atom stereocenters. The summed E-state index contributed by atoms with van der Waals surface area (Å²) in [6.45, 7) is 0. The molecule has 1 aromatic carbocycles. The number of nitrogens with two attached hydrogens (primary N) is 1. The van der Waals surface area contributed by atoms with Gasteiger partial charge in [-0.15, -0.1) is 0 Å². The normalized spacial score (nSPS) is 11.3. The van der Waals surface area contributed by atoms with E-state index in [2.05, 4.69) is 15.9 Å². The van der Waals surface area contributed by atoms with Gasteiger partial charge in [0.05, 0.1) is 14.3 Å². The largest absolute Gasteiger partial charge is 0.283 e. The second-order valence-electron chi connectivity index (χ2n) is 2.42. The van der Waals surface area contributed by atoms with Crippen molar-refractivity contribution in [3.63, 3.8) is 0 Å². The van der Waals surface area contributed by atoms with Gasteiger partial charge in [0.2, 0.25) is 10.0 Å². The maximum absolute atomic E-state index is 10.9. The van der Waals surface area contributed by atoms with Gasteiger partial charge in [-0.25, -0.2) is 13.6 Å². The van der Waals surface area contributed by atoms with Crippen molar-refractivity contribution in [2.45, 2.75) is 4.90 Å². The van der Waals surface area contributed by atoms with E-state index in [0.29, 0.717) is 0 Å². The number of halogens is 1. The first-order chi connectivity index (χ1) is 6.32. The van der Waals surface area contributed by atoms with E-state index < -0.39 is 14.9 Å². The lowest BCUT2D eigenvalue weighted by Crippen LogP contribution is -2.12. The molecule has 1 aromatic rings. The zero-order valence-corrected chi connectivity index (χ0v) is 9.08. The van der Waals surface area contributed by atoms with Gasteiger partial charge in [0, 0.05) is 6.07 Å². The maximum atomic E-state index is 10.9. The fraction of sp³-hybridized carbons (Fsp3) is 0. The third-order valence-corrected chi connectivity index (χ3v) is 2.99. The van der Waals surface area contributed by atoms with Gasteiger partial charge < -0.3 is 0 Å². The Bertz CT molecular complexity index is 485. The number of hydrogen-bond acceptors (Lipinski definition) is 4. The fourth-order valence-electron chi connectivity index (χ4n) is 0.813. The number of sulfonamides is 1. The number of hydrogen-bond donors (Lipinski definition) is 1. The van der Waals surface area contributed by atoms with E-state index in [-0.39, 0.29) is 15.1 Å². The Morgan fingerprint density at radius 3 is 2.36 bits per heavy atom. The summed E-state index contributed by atoms with van der Waals surface area (Å²) in [4.78, 5) is 9.58. The summed E-state index contributed by atoms with van der Waals surface area (Å²) >= 11 is 2.88. The Hall–Kier alpha value is -0.990. The van der Waals surface area contributed by atoms with Gasteiger partial charge in [-0.3, -0.25) is 10.1 Å². The number of rotatable bonds is 2. The maximum Gasteiger partial charge on any atom is 0.283 e. The Morgan fingerprint density at radius 2 is 2.00 bits per heavy atom. The summed E-state index contributed by atoms with van der Waals surface area (Å²) in [5.41, 5.74) is -0.211. The first kappa shape index (κ1) is 11.1. The number of primary sulfonamides is 1. The molecule has 2 N–H and O–H groups in total. The van der Waals surface area contributed by atoms with Crippen molar-refractivity contribution in [2.24, 2.45) is 5.14 Å². The van der Waals surface area contributed by atoms with Crippen LogP contribution in [0.1, 0.15) is 0 Å². The van der Waals surface area contributed by atoms with E-state index in [4.69, 9.17) is 5.14 Å². The molecule has 0 fully saturated rings. The summed E-state index contributed by atoms with van der Waals surface area (Å²) in [5, 5.41) is 15.2. The highest BCUT2D eigenvalue weighted by Gasteiger charge is 2.15. The molecule has 8 heteroatoms. The summed E-state index contributed by atoms with van der Waals surface area (Å²) < 4.78 is 21.8. The zero-order chi connectivity index (χ0) is 10.9. The SMILES string of the molecule is NS(=O)(=O)c1ccc([N+](=O)[O-])c(Br)c1. The number of nitrogens with zero attached hydrogens (tertiary/aromatic N) is 1. The van der Waals surface area contributed by atoms with Gasteiger partial charge in [-0.1, -0.05) is 0 Å². The van der Waals surface area contributed by atoms with Crippen LogP contribution < -0.4 is 5.14 Å². The summed E-state index contributed by atoms with van der Waals surface area (Å²) in [6.07, 6.45) is 0. The van der Waals surface area contributed by atoms with Gasteiger partial charge in [-0.2, -0.15) is 0 Å². The summed E-state index contributed by atoms with van der Waals surface area (Å²) in [7, 11) is -3.82. The summed E-state index contributed by atoms with van der Waals surface area (Å²) in [6, 6.07) is 3.25. The second-order valence-corrected chi connectivity index (χ2v) is 4.83. The van der Waals surface area contributed by atoms with E-state index >= 15 is 0 Å². The molecule has 6 nitrogen and oxygen atoms in total. The molecule has 0 radical (unpaired) electrons. The molecule has 76 valence electrons. The van der Waals surface area contributed by atoms with E-state index in [0.717, 1.165) is 18.2 Å². The molecule has 0 saturated heterocycles. The Kier molecular flexibility index (Phi) is 2.88. The highest BCUT2D eigenvalue weighted by atomic mass is 79.9. The fourth-order valence-corrected chi connectivity index (χ4v) is 2.03. The Balaban J connectivity index is 3.34. The average Bonchev–Trinajstić information content (AvgIpc) is 2.01. The lowest BCUT2D eigenvalue weighted by molar-refractivity contribution is -0.385. The number of benzene rings is 1. The van der Waals surface area contributed by atoms with Crippen LogP contribution in [0.15, 0.2) is 27.6 Å². The van der Waals surface area contributed by atoms with Crippen LogP contribution >= 0.6 is 15.9 Å². The number of nitro benzene ring substituents is 1. The van der Waals surface area contributed by atoms with Crippen molar-refractivity contribution in [3.8, 4) is 0 Å². The predicted molar refractivity (Wildman–Crippen MR) is 52.2 cm³/mol. The van der Waals surface area contributed by atoms with E-state index in [9.17, 15) is 18.5 Å². The van der Waals surface area contributed by atoms with Crippen molar-refractivity contribution in [1.82, 2.24) is 0 Å². The molecule has 0 aliphatic heterocycles. The quantitative estimate of drug-likeness (QED) is 0.645. The van der Waals surface area contributed by atoms with Crippen molar-refractivity contribution < 1.29 is 13.3 Å². The van der Waals surface area contributed by atoms with E-state index in [1.54, 1.807) is 0 Å². The van der Waals surface area contributed by atoms with Gasteiger partial charge >= 0.3 is 0 Å². The van der Waals surface area contributed by atoms with Gasteiger partial charge in [-0.05, 0) is 28.1 Å². The minimum atomic E-state index is -3.82. The van der Waals surface area contributed by atoms with Crippen LogP contribution in [-0.2, 0) is 10.0 Å². The van der Waals surface area contributed by atoms with Crippen molar-refractivity contribution in [1.29, 1.82) is 0 Å². The van der Waals surface area contributed by atoms with Crippen LogP contribution in [0, 0.1) is 10.1 Å². The highest BCUT2D eigenvalue weighted by Crippen LogP contribution is 2.26. The molecule has 0 aliphatic rings. The first-order valence-electron chi connectivity index (χ1n) is 3.29. The van der Waals surface area contributed by atoms with Crippen molar-refractivity contribution >= 4 is 31.6 Å². The molecular formula is C6H5BrN2O4S. The number of nitro groups is 1. The lowest BCUT2D eigenvalue weighted by Gasteiger charge is -1.99. The molecule has 1 rings (SSSR count). The zero-order valence-electron chi connectivity index (χ0n) is 6.68. The topological polar surface area (TPSA) is 103 Å². The molecule has 14 heavy (non-hydrogen) atoms. The smallest absolute Gasteiger partial charge is 0.258 e. The van der Waals surface area contributed by atoms with E-state index in [1.807, 2.05) is 0 Å². The van der Waals surface area contributed by atoms with E-state index in [1.165, 1.54) is 0 Å². The third kappa shape index (κ3) is 2.28. The molecule has 0 heterocycles. The van der Waals surface area contributed by atoms with Gasteiger partial charge in [0.25, 0.3) is 5.69 Å². The van der Waals surface area contributed by atoms with Crippen LogP contribution in [-0.4, -0.2) is 13.3 Å². The van der Waals surface area contributed by atoms with Crippen LogP contribution in [0.25, 0.3) is 0 Å². The molecule has 0 bridgehead atoms. The molecule has 0 atom stereocenters. The van der Waals surface area contributed by atoms with Crippen LogP contribution in [0.4, 0.5) is 5.69 Å². The summed E-state index contributed by atoms with van der Waals surface area (Å²) in [5.74, 6) is 0. The Morgan fingerprint density at radius 1 is 1.43 bits per heavy atom. The standard InChI is InChI=1S/C6H5BrN2O4S/c7-5-3-4(14(8,12)13)1-2-6(5)9(10)11/h1-3H,(H2,8,12,13). The minimum Gasteiger partial charge on any atom is -0.258 e. The molecule has 0 spiro atoms. The van der Waals surface area contributed by atoms with Crippen LogP contribution in [0.2, 0.25) is 0 Å². The monoisotopic (exact) mass is 280 g/mol. The second kappa shape index (κ2) is 3.64. The lowest BCUT2D eigenvalue weighted by atomic mass is 10.3. The average molecular weight is 281 g/mol. The molecule has 0 aromatic heterocycles. The molecule has 0 amide bonds. The van der Waals surface area contributed by atoms with Crippen molar-refractivity contribution in [3.05, 3.63) is 32.8 Å². The van der Waals surface area contributed by atoms with Gasteiger partial charge in [0.15, 0.2) is 0 Å². The Labute approximate surface area is 88.1 Å². The van der Waals surface area contributed by atoms with Crippen LogP contribution in [0.5, 0.6) is 0 Å². The molecular weight excluding hydrogens is 276 g/mol. The third-order valence-electron chi connectivity index (χ3n) is 1.44. The molecule has 0 saturated carbocycles.